The average Bonchev–Trinajstić information content (AvgIpc) is 3.38. The lowest BCUT2D eigenvalue weighted by atomic mass is 9.82. The van der Waals surface area contributed by atoms with Crippen LogP contribution in [0.4, 0.5) is 0 Å². The van der Waals surface area contributed by atoms with E-state index in [1.165, 1.54) is 16.9 Å². The van der Waals surface area contributed by atoms with Gasteiger partial charge in [-0.1, -0.05) is 43.0 Å². The number of hydrogen-bond acceptors (Lipinski definition) is 5. The van der Waals surface area contributed by atoms with Gasteiger partial charge in [-0.25, -0.2) is 0 Å². The quantitative estimate of drug-likeness (QED) is 0.550. The molecule has 2 N–H and O–H groups in total. The molecule has 9 nitrogen and oxygen atoms in total. The Balaban J connectivity index is 1.64. The third-order valence-corrected chi connectivity index (χ3v) is 7.48. The molecular formula is C29H35N3O6. The van der Waals surface area contributed by atoms with Crippen molar-refractivity contribution >= 4 is 23.7 Å². The molecule has 0 spiro atoms. The molecule has 2 atom stereocenters. The maximum atomic E-state index is 13.8. The molecule has 1 aliphatic carbocycles. The smallest absolute Gasteiger partial charge is 0.305 e. The van der Waals surface area contributed by atoms with Crippen molar-refractivity contribution in [2.75, 3.05) is 20.2 Å². The average molecular weight is 522 g/mol. The summed E-state index contributed by atoms with van der Waals surface area (Å²) in [5.41, 5.74) is 1.75. The molecule has 4 rings (SSSR count). The van der Waals surface area contributed by atoms with Crippen molar-refractivity contribution in [3.8, 4) is 5.75 Å². The van der Waals surface area contributed by atoms with Crippen LogP contribution in [0.1, 0.15) is 64.8 Å². The minimum atomic E-state index is -1.21. The summed E-state index contributed by atoms with van der Waals surface area (Å²) in [6, 6.07) is 13.1. The van der Waals surface area contributed by atoms with Crippen LogP contribution in [0, 0.1) is 12.8 Å². The molecule has 1 saturated carbocycles. The van der Waals surface area contributed by atoms with Gasteiger partial charge in [0, 0.05) is 30.3 Å². The normalized spacial score (nSPS) is 18.6. The molecule has 1 saturated heterocycles. The Morgan fingerprint density at radius 3 is 2.18 bits per heavy atom. The van der Waals surface area contributed by atoms with Gasteiger partial charge in [-0.2, -0.15) is 0 Å². The van der Waals surface area contributed by atoms with Crippen LogP contribution in [-0.2, 0) is 9.59 Å². The van der Waals surface area contributed by atoms with E-state index in [1.54, 1.807) is 36.4 Å². The number of carbonyl (C=O) groups excluding carboxylic acids is 3. The molecule has 2 unspecified atom stereocenters. The monoisotopic (exact) mass is 521 g/mol. The van der Waals surface area contributed by atoms with E-state index < -0.39 is 30.0 Å². The van der Waals surface area contributed by atoms with Crippen LogP contribution in [0.3, 0.4) is 0 Å². The number of carboxylic acids is 1. The van der Waals surface area contributed by atoms with Gasteiger partial charge in [0.05, 0.1) is 13.5 Å². The van der Waals surface area contributed by atoms with Crippen molar-refractivity contribution in [2.24, 2.45) is 5.92 Å². The summed E-state index contributed by atoms with van der Waals surface area (Å²) in [6.07, 6.45) is 3.31. The van der Waals surface area contributed by atoms with E-state index in [9.17, 15) is 24.3 Å². The van der Waals surface area contributed by atoms with Crippen LogP contribution in [0.2, 0.25) is 0 Å². The van der Waals surface area contributed by atoms with E-state index in [4.69, 9.17) is 4.74 Å². The van der Waals surface area contributed by atoms with Gasteiger partial charge in [-0.3, -0.25) is 19.2 Å². The number of nitrogens with one attached hydrogen (secondary N) is 1. The highest BCUT2D eigenvalue weighted by Gasteiger charge is 2.44. The number of methoxy groups -OCH3 is 1. The van der Waals surface area contributed by atoms with Crippen molar-refractivity contribution in [3.63, 3.8) is 0 Å². The third kappa shape index (κ3) is 6.15. The standard InChI is InChI=1S/C29H35N3O6/c1-19-11-13-21(14-12-19)28(36)31-15-16-32(29(37)22-9-6-10-23(17-22)38-2)27(31)26(35)30-24(18-25(33)34)20-7-4-3-5-8-20/h6,9-14,17,20,24,27H,3-5,7-8,15-16,18H2,1-2H3,(H,30,35)(H,33,34). The van der Waals surface area contributed by atoms with Crippen LogP contribution in [0.5, 0.6) is 5.75 Å². The van der Waals surface area contributed by atoms with Crippen LogP contribution in [-0.4, -0.2) is 71.0 Å². The summed E-state index contributed by atoms with van der Waals surface area (Å²) >= 11 is 0. The maximum absolute atomic E-state index is 13.8. The van der Waals surface area contributed by atoms with E-state index in [2.05, 4.69) is 5.32 Å². The lowest BCUT2D eigenvalue weighted by Gasteiger charge is -2.34. The minimum Gasteiger partial charge on any atom is -0.497 e. The van der Waals surface area contributed by atoms with Crippen LogP contribution < -0.4 is 10.1 Å². The molecule has 2 fully saturated rings. The lowest BCUT2D eigenvalue weighted by Crippen LogP contribution is -2.56. The van der Waals surface area contributed by atoms with Gasteiger partial charge < -0.3 is 25.0 Å². The summed E-state index contributed by atoms with van der Waals surface area (Å²) in [5.74, 6) is -1.77. The summed E-state index contributed by atoms with van der Waals surface area (Å²) in [6.45, 7) is 2.26. The van der Waals surface area contributed by atoms with Gasteiger partial charge in [-0.05, 0) is 56.0 Å². The number of nitrogens with zero attached hydrogens (tertiary/aromatic N) is 2. The SMILES string of the molecule is COc1cccc(C(=O)N2CCN(C(=O)c3ccc(C)cc3)C2C(=O)NC(CC(=O)O)C2CCCCC2)c1. The molecule has 1 aliphatic heterocycles. The van der Waals surface area contributed by atoms with Crippen LogP contribution >= 0.6 is 0 Å². The van der Waals surface area contributed by atoms with Gasteiger partial charge in [-0.15, -0.1) is 0 Å². The van der Waals surface area contributed by atoms with Crippen LogP contribution in [0.25, 0.3) is 0 Å². The molecule has 0 bridgehead atoms. The number of rotatable bonds is 8. The van der Waals surface area contributed by atoms with E-state index in [0.717, 1.165) is 37.7 Å². The van der Waals surface area contributed by atoms with Crippen molar-refractivity contribution in [3.05, 3.63) is 65.2 Å². The zero-order valence-corrected chi connectivity index (χ0v) is 21.9. The van der Waals surface area contributed by atoms with Gasteiger partial charge in [0.25, 0.3) is 17.7 Å². The fourth-order valence-electron chi connectivity index (χ4n) is 5.44. The number of carbonyl (C=O) groups is 4. The first-order chi connectivity index (χ1) is 18.3. The predicted molar refractivity (Wildman–Crippen MR) is 141 cm³/mol. The van der Waals surface area contributed by atoms with E-state index >= 15 is 0 Å². The predicted octanol–water partition coefficient (Wildman–Crippen LogP) is 3.47. The highest BCUT2D eigenvalue weighted by atomic mass is 16.5. The second kappa shape index (κ2) is 12.1. The molecule has 9 heteroatoms. The molecule has 1 heterocycles. The Kier molecular flexibility index (Phi) is 8.66. The fraction of sp³-hybridized carbons (Fsp3) is 0.448. The number of ether oxygens (including phenoxy) is 1. The molecule has 2 aromatic rings. The first kappa shape index (κ1) is 27.2. The minimum absolute atomic E-state index is 0.0361. The first-order valence-corrected chi connectivity index (χ1v) is 13.1. The van der Waals surface area contributed by atoms with Gasteiger partial charge >= 0.3 is 5.97 Å². The highest BCUT2D eigenvalue weighted by Crippen LogP contribution is 2.29. The number of carboxylic acid groups (broad SMARTS) is 1. The Morgan fingerprint density at radius 2 is 1.58 bits per heavy atom. The number of aliphatic carboxylic acids is 1. The molecule has 3 amide bonds. The first-order valence-electron chi connectivity index (χ1n) is 13.1. The van der Waals surface area contributed by atoms with E-state index in [0.29, 0.717) is 16.9 Å². The van der Waals surface area contributed by atoms with Crippen LogP contribution in [0.15, 0.2) is 48.5 Å². The number of amides is 3. The largest absolute Gasteiger partial charge is 0.497 e. The highest BCUT2D eigenvalue weighted by molar-refractivity contribution is 6.02. The Bertz CT molecular complexity index is 1180. The number of aryl methyl sites for hydroxylation is 1. The van der Waals surface area contributed by atoms with Gasteiger partial charge in [0.2, 0.25) is 0 Å². The zero-order chi connectivity index (χ0) is 27.2. The molecule has 2 aliphatic rings. The Labute approximate surface area is 222 Å². The van der Waals surface area contributed by atoms with Gasteiger partial charge in [0.1, 0.15) is 5.75 Å². The summed E-state index contributed by atoms with van der Waals surface area (Å²) in [4.78, 5) is 55.4. The Hall–Kier alpha value is -3.88. The number of hydrogen-bond donors (Lipinski definition) is 2. The maximum Gasteiger partial charge on any atom is 0.305 e. The summed E-state index contributed by atoms with van der Waals surface area (Å²) in [5, 5.41) is 12.5. The van der Waals surface area contributed by atoms with E-state index in [1.807, 2.05) is 19.1 Å². The second-order valence-corrected chi connectivity index (χ2v) is 10.1. The zero-order valence-electron chi connectivity index (χ0n) is 21.9. The van der Waals surface area contributed by atoms with E-state index in [-0.39, 0.29) is 31.3 Å². The molecule has 0 aromatic heterocycles. The van der Waals surface area contributed by atoms with Crippen molar-refractivity contribution in [2.45, 2.75) is 57.7 Å². The molecule has 0 radical (unpaired) electrons. The van der Waals surface area contributed by atoms with Crippen molar-refractivity contribution < 1.29 is 29.0 Å². The third-order valence-electron chi connectivity index (χ3n) is 7.48. The molecule has 38 heavy (non-hydrogen) atoms. The second-order valence-electron chi connectivity index (χ2n) is 10.1. The lowest BCUT2D eigenvalue weighted by molar-refractivity contribution is -0.138. The number of benzene rings is 2. The van der Waals surface area contributed by atoms with Crippen molar-refractivity contribution in [1.29, 1.82) is 0 Å². The van der Waals surface area contributed by atoms with Gasteiger partial charge in [0.15, 0.2) is 6.17 Å². The topological polar surface area (TPSA) is 116 Å². The molecule has 2 aromatic carbocycles. The fourth-order valence-corrected chi connectivity index (χ4v) is 5.44. The molecular weight excluding hydrogens is 486 g/mol. The Morgan fingerprint density at radius 1 is 0.947 bits per heavy atom. The molecule has 202 valence electrons. The summed E-state index contributed by atoms with van der Waals surface area (Å²) < 4.78 is 5.26. The summed E-state index contributed by atoms with van der Waals surface area (Å²) in [7, 11) is 1.51. The van der Waals surface area contributed by atoms with Crippen molar-refractivity contribution in [1.82, 2.24) is 15.1 Å².